The molecular formula is C61H94O3S2. The Balaban J connectivity index is 2.55. The first kappa shape index (κ1) is 55.7. The number of hydrogen-bond acceptors (Lipinski definition) is 3. The molecule has 0 fully saturated rings. The summed E-state index contributed by atoms with van der Waals surface area (Å²) in [4.78, 5) is 3.90. The fraction of sp³-hybridized carbons (Fsp3) is 0.607. The maximum Gasteiger partial charge on any atom is 0.307 e. The van der Waals surface area contributed by atoms with Gasteiger partial charge in [0.2, 0.25) is 0 Å². The van der Waals surface area contributed by atoms with E-state index in [1.807, 2.05) is 19.1 Å². The van der Waals surface area contributed by atoms with Crippen LogP contribution in [-0.4, -0.2) is 8.42 Å². The Kier molecular flexibility index (Phi) is 24.7. The number of hydrogen-bond donors (Lipinski definition) is 0. The van der Waals surface area contributed by atoms with Gasteiger partial charge in [0.25, 0.3) is 0 Å². The molecule has 0 aliphatic heterocycles. The highest BCUT2D eigenvalue weighted by molar-refractivity contribution is 8.33. The summed E-state index contributed by atoms with van der Waals surface area (Å²) in [6.07, 6.45) is 28.0. The van der Waals surface area contributed by atoms with Crippen molar-refractivity contribution in [1.29, 1.82) is 0 Å². The van der Waals surface area contributed by atoms with Crippen molar-refractivity contribution in [3.05, 3.63) is 116 Å². The van der Waals surface area contributed by atoms with Gasteiger partial charge in [-0.25, -0.2) is 3.63 Å². The molecule has 5 heteroatoms. The molecule has 66 heavy (non-hydrogen) atoms. The predicted octanol–water partition coefficient (Wildman–Crippen LogP) is 18.7. The zero-order valence-electron chi connectivity index (χ0n) is 43.9. The van der Waals surface area contributed by atoms with E-state index in [9.17, 15) is 0 Å². The van der Waals surface area contributed by atoms with E-state index in [2.05, 4.69) is 98.7 Å². The summed E-state index contributed by atoms with van der Waals surface area (Å²) in [6, 6.07) is 22.6. The first-order valence-electron chi connectivity index (χ1n) is 27.3. The van der Waals surface area contributed by atoms with Crippen molar-refractivity contribution in [2.45, 2.75) is 262 Å². The van der Waals surface area contributed by atoms with Crippen LogP contribution in [0.25, 0.3) is 0 Å². The maximum absolute atomic E-state index is 16.1. The molecule has 0 saturated heterocycles. The van der Waals surface area contributed by atoms with Crippen molar-refractivity contribution in [3.63, 3.8) is 0 Å². The highest BCUT2D eigenvalue weighted by Crippen LogP contribution is 2.75. The van der Waals surface area contributed by atoms with E-state index < -0.39 is 20.4 Å². The van der Waals surface area contributed by atoms with E-state index in [1.54, 1.807) is 12.1 Å². The van der Waals surface area contributed by atoms with Gasteiger partial charge < -0.3 is 0 Å². The van der Waals surface area contributed by atoms with Crippen molar-refractivity contribution in [2.24, 2.45) is 0 Å². The van der Waals surface area contributed by atoms with Gasteiger partial charge in [0, 0.05) is 14.7 Å². The summed E-state index contributed by atoms with van der Waals surface area (Å²) in [5, 5.41) is 0. The smallest absolute Gasteiger partial charge is 0.203 e. The van der Waals surface area contributed by atoms with Gasteiger partial charge in [-0.1, -0.05) is 174 Å². The molecule has 0 radical (unpaired) electrons. The molecule has 0 aliphatic rings. The molecule has 0 aliphatic carbocycles. The zero-order valence-corrected chi connectivity index (χ0v) is 45.5. The molecule has 4 aromatic carbocycles. The molecule has 0 heterocycles. The van der Waals surface area contributed by atoms with Crippen LogP contribution in [0.2, 0.25) is 0 Å². The molecule has 0 amide bonds. The van der Waals surface area contributed by atoms with Crippen molar-refractivity contribution in [2.75, 3.05) is 0 Å². The number of benzene rings is 4. The SMILES string of the molecule is CCCCc1cc(CCCC)c(S(OS(=O)(=O)c2ccc(C)cc2)(c2c(CCCC)cc(CCCC)cc2CCCC)c2c(CCCC)cc(CCCC)cc2CCCC)c(CCCC)c1. The van der Waals surface area contributed by atoms with Crippen LogP contribution in [0.15, 0.2) is 80.2 Å². The summed E-state index contributed by atoms with van der Waals surface area (Å²) in [7, 11) is -7.35. The normalized spacial score (nSPS) is 12.3. The molecule has 0 unspecified atom stereocenters. The van der Waals surface area contributed by atoms with Crippen molar-refractivity contribution in [3.8, 4) is 0 Å². The molecule has 4 aromatic rings. The van der Waals surface area contributed by atoms with Crippen LogP contribution >= 0.6 is 10.3 Å². The third kappa shape index (κ3) is 15.1. The lowest BCUT2D eigenvalue weighted by Gasteiger charge is -2.47. The minimum absolute atomic E-state index is 0.254. The quantitative estimate of drug-likeness (QED) is 0.0478. The minimum Gasteiger partial charge on any atom is -0.203 e. The van der Waals surface area contributed by atoms with Gasteiger partial charge in [-0.05, 0) is 195 Å². The number of unbranched alkanes of at least 4 members (excludes halogenated alkanes) is 9. The van der Waals surface area contributed by atoms with Gasteiger partial charge in [-0.3, -0.25) is 0 Å². The summed E-state index contributed by atoms with van der Waals surface area (Å²) in [6.45, 7) is 22.7. The van der Waals surface area contributed by atoms with Crippen molar-refractivity contribution in [1.82, 2.24) is 0 Å². The van der Waals surface area contributed by atoms with Gasteiger partial charge >= 0.3 is 10.1 Å². The molecule has 4 rings (SSSR count). The van der Waals surface area contributed by atoms with Crippen LogP contribution < -0.4 is 0 Å². The maximum atomic E-state index is 16.1. The lowest BCUT2D eigenvalue weighted by Crippen LogP contribution is -2.23. The van der Waals surface area contributed by atoms with Crippen LogP contribution in [0.3, 0.4) is 0 Å². The molecule has 0 spiro atoms. The lowest BCUT2D eigenvalue weighted by atomic mass is 9.95. The standard InChI is InChI=1S/C61H94O3S2/c1-11-20-29-49-42-52(32-23-14-4)59(53(43-49)33-24-15-5)65(64-66(62,63)58-40-38-48(10)39-41-58,60-54(34-25-16-6)44-50(30-21-12-2)45-55(60)35-26-17-7)61-56(36-27-18-8)46-51(31-22-13-3)47-57(61)37-28-19-9/h38-47H,11-37H2,1-10H3. The largest absolute Gasteiger partial charge is 0.307 e. The Labute approximate surface area is 408 Å². The second kappa shape index (κ2) is 29.2. The van der Waals surface area contributed by atoms with E-state index in [0.717, 1.165) is 179 Å². The van der Waals surface area contributed by atoms with E-state index in [-0.39, 0.29) is 4.90 Å². The molecule has 368 valence electrons. The molecule has 0 atom stereocenters. The Morgan fingerprint density at radius 2 is 0.576 bits per heavy atom. The Bertz CT molecular complexity index is 1880. The van der Waals surface area contributed by atoms with Crippen LogP contribution in [0.1, 0.15) is 234 Å². The second-order valence-electron chi connectivity index (χ2n) is 19.6. The van der Waals surface area contributed by atoms with E-state index in [1.165, 1.54) is 64.8 Å². The van der Waals surface area contributed by atoms with Gasteiger partial charge in [0.1, 0.15) is 0 Å². The fourth-order valence-corrected chi connectivity index (χ4v) is 16.2. The second-order valence-corrected chi connectivity index (χ2v) is 23.8. The van der Waals surface area contributed by atoms with Crippen LogP contribution in [0.5, 0.6) is 0 Å². The molecular weight excluding hydrogens is 845 g/mol. The first-order chi connectivity index (χ1) is 32.0. The predicted molar refractivity (Wildman–Crippen MR) is 289 cm³/mol. The van der Waals surface area contributed by atoms with Crippen LogP contribution in [0.4, 0.5) is 0 Å². The third-order valence-corrected chi connectivity index (χ3v) is 19.2. The average Bonchev–Trinajstić information content (AvgIpc) is 3.32. The summed E-state index contributed by atoms with van der Waals surface area (Å²) in [5.41, 5.74) is 13.2. The van der Waals surface area contributed by atoms with Crippen LogP contribution in [0, 0.1) is 6.92 Å². The molecule has 0 saturated carbocycles. The highest BCUT2D eigenvalue weighted by Gasteiger charge is 2.46. The zero-order chi connectivity index (χ0) is 48.0. The monoisotopic (exact) mass is 939 g/mol. The minimum atomic E-state index is -4.34. The summed E-state index contributed by atoms with van der Waals surface area (Å²) >= 11 is 0. The molecule has 0 N–H and O–H groups in total. The van der Waals surface area contributed by atoms with Crippen molar-refractivity contribution >= 4 is 20.4 Å². The van der Waals surface area contributed by atoms with E-state index >= 15 is 8.42 Å². The van der Waals surface area contributed by atoms with E-state index in [0.29, 0.717) is 0 Å². The van der Waals surface area contributed by atoms with Crippen molar-refractivity contribution < 1.29 is 12.0 Å². The van der Waals surface area contributed by atoms with Gasteiger partial charge in [-0.2, -0.15) is 8.42 Å². The van der Waals surface area contributed by atoms with Gasteiger partial charge in [0.15, 0.2) is 0 Å². The highest BCUT2D eigenvalue weighted by atomic mass is 32.3. The Morgan fingerprint density at radius 3 is 0.803 bits per heavy atom. The Morgan fingerprint density at radius 1 is 0.348 bits per heavy atom. The Hall–Kier alpha value is -2.86. The first-order valence-corrected chi connectivity index (χ1v) is 30.3. The molecule has 0 aromatic heterocycles. The molecule has 0 bridgehead atoms. The lowest BCUT2D eigenvalue weighted by molar-refractivity contribution is 0.506. The third-order valence-electron chi connectivity index (χ3n) is 13.5. The molecule has 3 nitrogen and oxygen atoms in total. The van der Waals surface area contributed by atoms with Gasteiger partial charge in [0.05, 0.1) is 4.90 Å². The topological polar surface area (TPSA) is 43.4 Å². The number of rotatable bonds is 33. The fourth-order valence-electron chi connectivity index (χ4n) is 9.77. The number of aryl methyl sites for hydroxylation is 10. The van der Waals surface area contributed by atoms with Crippen LogP contribution in [-0.2, 0) is 71.5 Å². The summed E-state index contributed by atoms with van der Waals surface area (Å²) < 4.78 is 40.1. The average molecular weight is 940 g/mol. The van der Waals surface area contributed by atoms with Gasteiger partial charge in [-0.15, -0.1) is 0 Å². The summed E-state index contributed by atoms with van der Waals surface area (Å²) in [5.74, 6) is 0. The van der Waals surface area contributed by atoms with E-state index in [4.69, 9.17) is 3.63 Å².